The molecule has 1 aromatic heterocycles. The van der Waals surface area contributed by atoms with Crippen LogP contribution < -0.4 is 10.9 Å². The lowest BCUT2D eigenvalue weighted by Crippen LogP contribution is -2.40. The molecule has 144 valence electrons. The summed E-state index contributed by atoms with van der Waals surface area (Å²) in [7, 11) is 1.26. The highest BCUT2D eigenvalue weighted by Crippen LogP contribution is 2.14. The first-order chi connectivity index (χ1) is 13.5. The molecule has 0 aliphatic rings. The molecule has 1 amide bonds. The van der Waals surface area contributed by atoms with Crippen LogP contribution in [0.1, 0.15) is 18.2 Å². The maximum absolute atomic E-state index is 12.8. The second-order valence-electron chi connectivity index (χ2n) is 6.43. The van der Waals surface area contributed by atoms with Crippen molar-refractivity contribution >= 4 is 22.6 Å². The molecule has 0 aliphatic carbocycles. The van der Waals surface area contributed by atoms with Crippen LogP contribution in [0.15, 0.2) is 59.4 Å². The molecule has 0 fully saturated rings. The van der Waals surface area contributed by atoms with Crippen molar-refractivity contribution in [3.05, 3.63) is 76.2 Å². The summed E-state index contributed by atoms with van der Waals surface area (Å²) < 4.78 is 5.98. The van der Waals surface area contributed by atoms with E-state index in [1.807, 2.05) is 30.3 Å². The van der Waals surface area contributed by atoms with E-state index in [2.05, 4.69) is 15.2 Å². The normalized spacial score (nSPS) is 11.8. The highest BCUT2D eigenvalue weighted by atomic mass is 16.5. The van der Waals surface area contributed by atoms with Gasteiger partial charge in [0.2, 0.25) is 5.91 Å². The maximum atomic E-state index is 12.8. The topological polar surface area (TPSA) is 90.3 Å². The molecule has 1 heterocycles. The van der Waals surface area contributed by atoms with Crippen LogP contribution >= 0.6 is 0 Å². The Balaban J connectivity index is 1.95. The number of nitrogens with one attached hydrogen (secondary N) is 1. The molecule has 7 heteroatoms. The minimum Gasteiger partial charge on any atom is -0.467 e. The number of rotatable bonds is 6. The average Bonchev–Trinajstić information content (AvgIpc) is 2.71. The summed E-state index contributed by atoms with van der Waals surface area (Å²) in [6.45, 7) is 1.85. The average molecular weight is 379 g/mol. The van der Waals surface area contributed by atoms with Gasteiger partial charge < -0.3 is 10.1 Å². The van der Waals surface area contributed by atoms with Gasteiger partial charge in [-0.1, -0.05) is 48.5 Å². The number of hydrogen-bond acceptors (Lipinski definition) is 5. The highest BCUT2D eigenvalue weighted by Gasteiger charge is 2.18. The number of carbonyl (C=O) groups is 2. The van der Waals surface area contributed by atoms with E-state index in [0.717, 1.165) is 5.56 Å². The predicted molar refractivity (Wildman–Crippen MR) is 105 cm³/mol. The fourth-order valence-corrected chi connectivity index (χ4v) is 2.98. The van der Waals surface area contributed by atoms with Crippen molar-refractivity contribution in [3.8, 4) is 0 Å². The van der Waals surface area contributed by atoms with Crippen LogP contribution in [-0.4, -0.2) is 34.8 Å². The number of carbonyl (C=O) groups excluding carboxylic acids is 2. The van der Waals surface area contributed by atoms with Crippen molar-refractivity contribution in [2.75, 3.05) is 7.11 Å². The third-order valence-electron chi connectivity index (χ3n) is 4.38. The number of benzene rings is 2. The highest BCUT2D eigenvalue weighted by molar-refractivity contribution is 5.90. The van der Waals surface area contributed by atoms with E-state index in [1.165, 1.54) is 11.8 Å². The van der Waals surface area contributed by atoms with Crippen LogP contribution in [0.4, 0.5) is 0 Å². The first kappa shape index (κ1) is 19.3. The van der Waals surface area contributed by atoms with Crippen molar-refractivity contribution in [2.45, 2.75) is 25.9 Å². The van der Waals surface area contributed by atoms with Gasteiger partial charge in [-0.25, -0.2) is 9.48 Å². The smallest absolute Gasteiger partial charge is 0.328 e. The van der Waals surface area contributed by atoms with Gasteiger partial charge in [-0.2, -0.15) is 5.10 Å². The minimum absolute atomic E-state index is 0.0586. The molecule has 1 unspecified atom stereocenters. The molecule has 0 bridgehead atoms. The van der Waals surface area contributed by atoms with Crippen molar-refractivity contribution in [1.82, 2.24) is 15.1 Å². The lowest BCUT2D eigenvalue weighted by molar-refractivity contribution is -0.144. The number of ether oxygens (including phenoxy) is 1. The zero-order valence-electron chi connectivity index (χ0n) is 15.7. The number of hydrogen-bond donors (Lipinski definition) is 1. The Morgan fingerprint density at radius 1 is 1.07 bits per heavy atom. The summed E-state index contributed by atoms with van der Waals surface area (Å²) in [5.74, 6) is -0.902. The molecule has 1 N–H and O–H groups in total. The Morgan fingerprint density at radius 3 is 2.39 bits per heavy atom. The van der Waals surface area contributed by atoms with Crippen LogP contribution in [0.3, 0.4) is 0 Å². The van der Waals surface area contributed by atoms with Crippen LogP contribution in [-0.2, 0) is 27.3 Å². The SMILES string of the molecule is COC(=O)C(C)NC(=O)Cc1nn(Cc2ccccc2)c(=O)c2ccccc12. The molecule has 7 nitrogen and oxygen atoms in total. The fraction of sp³-hybridized carbons (Fsp3) is 0.238. The van der Waals surface area contributed by atoms with Gasteiger partial charge in [0.15, 0.2) is 0 Å². The van der Waals surface area contributed by atoms with E-state index in [9.17, 15) is 14.4 Å². The Morgan fingerprint density at radius 2 is 1.71 bits per heavy atom. The van der Waals surface area contributed by atoms with Gasteiger partial charge in [-0.3, -0.25) is 9.59 Å². The molecule has 2 aromatic carbocycles. The van der Waals surface area contributed by atoms with Gasteiger partial charge >= 0.3 is 5.97 Å². The summed E-state index contributed by atoms with van der Waals surface area (Å²) >= 11 is 0. The molecular formula is C21H21N3O4. The van der Waals surface area contributed by atoms with E-state index < -0.39 is 12.0 Å². The van der Waals surface area contributed by atoms with Crippen LogP contribution in [0.25, 0.3) is 10.8 Å². The van der Waals surface area contributed by atoms with Gasteiger partial charge in [0.25, 0.3) is 5.56 Å². The van der Waals surface area contributed by atoms with Gasteiger partial charge in [-0.15, -0.1) is 0 Å². The van der Waals surface area contributed by atoms with E-state index in [-0.39, 0.29) is 17.9 Å². The number of nitrogens with zero attached hydrogens (tertiary/aromatic N) is 2. The van der Waals surface area contributed by atoms with Crippen molar-refractivity contribution in [3.63, 3.8) is 0 Å². The molecule has 3 aromatic rings. The van der Waals surface area contributed by atoms with Crippen molar-refractivity contribution < 1.29 is 14.3 Å². The molecule has 0 saturated carbocycles. The molecule has 0 radical (unpaired) electrons. The quantitative estimate of drug-likeness (QED) is 0.658. The van der Waals surface area contributed by atoms with Crippen LogP contribution in [0, 0.1) is 0 Å². The van der Waals surface area contributed by atoms with Crippen LogP contribution in [0.2, 0.25) is 0 Å². The molecular weight excluding hydrogens is 358 g/mol. The first-order valence-electron chi connectivity index (χ1n) is 8.89. The van der Waals surface area contributed by atoms with E-state index in [4.69, 9.17) is 0 Å². The molecule has 1 atom stereocenters. The maximum Gasteiger partial charge on any atom is 0.328 e. The Kier molecular flexibility index (Phi) is 5.84. The largest absolute Gasteiger partial charge is 0.467 e. The van der Waals surface area contributed by atoms with E-state index in [0.29, 0.717) is 23.0 Å². The Labute approximate surface area is 161 Å². The summed E-state index contributed by atoms with van der Waals surface area (Å²) in [5.41, 5.74) is 1.19. The molecule has 3 rings (SSSR count). The number of aromatic nitrogens is 2. The molecule has 28 heavy (non-hydrogen) atoms. The summed E-state index contributed by atoms with van der Waals surface area (Å²) in [5, 5.41) is 8.14. The minimum atomic E-state index is -0.765. The standard InChI is InChI=1S/C21H21N3O4/c1-14(21(27)28-2)22-19(25)12-18-16-10-6-7-11-17(16)20(26)24(23-18)13-15-8-4-3-5-9-15/h3-11,14H,12-13H2,1-2H3,(H,22,25). The first-order valence-corrected chi connectivity index (χ1v) is 8.89. The lowest BCUT2D eigenvalue weighted by Gasteiger charge is -2.13. The second-order valence-corrected chi connectivity index (χ2v) is 6.43. The van der Waals surface area contributed by atoms with E-state index >= 15 is 0 Å². The van der Waals surface area contributed by atoms with Gasteiger partial charge in [0, 0.05) is 5.39 Å². The molecule has 0 spiro atoms. The second kappa shape index (κ2) is 8.47. The Bertz CT molecular complexity index is 1060. The Hall–Kier alpha value is -3.48. The summed E-state index contributed by atoms with van der Waals surface area (Å²) in [4.78, 5) is 36.7. The monoisotopic (exact) mass is 379 g/mol. The van der Waals surface area contributed by atoms with Crippen molar-refractivity contribution in [1.29, 1.82) is 0 Å². The molecule has 0 aliphatic heterocycles. The zero-order chi connectivity index (χ0) is 20.1. The fourth-order valence-electron chi connectivity index (χ4n) is 2.98. The number of methoxy groups -OCH3 is 1. The summed E-state index contributed by atoms with van der Waals surface area (Å²) in [6, 6.07) is 15.8. The third kappa shape index (κ3) is 4.25. The van der Waals surface area contributed by atoms with Gasteiger partial charge in [0.05, 0.1) is 31.2 Å². The summed E-state index contributed by atoms with van der Waals surface area (Å²) in [6.07, 6.45) is -0.0586. The van der Waals surface area contributed by atoms with Crippen molar-refractivity contribution in [2.24, 2.45) is 0 Å². The third-order valence-corrected chi connectivity index (χ3v) is 4.38. The number of esters is 1. The molecule has 0 saturated heterocycles. The van der Waals surface area contributed by atoms with E-state index in [1.54, 1.807) is 31.2 Å². The van der Waals surface area contributed by atoms with Gasteiger partial charge in [-0.05, 0) is 18.6 Å². The number of amides is 1. The zero-order valence-corrected chi connectivity index (χ0v) is 15.7. The van der Waals surface area contributed by atoms with Gasteiger partial charge in [0.1, 0.15) is 6.04 Å². The lowest BCUT2D eigenvalue weighted by atomic mass is 10.1. The number of fused-ring (bicyclic) bond motifs is 1. The van der Waals surface area contributed by atoms with Crippen LogP contribution in [0.5, 0.6) is 0 Å². The predicted octanol–water partition coefficient (Wildman–Crippen LogP) is 1.66.